The normalized spacial score (nSPS) is 32.6. The van der Waals surface area contributed by atoms with E-state index in [1.807, 2.05) is 0 Å². The predicted octanol–water partition coefficient (Wildman–Crippen LogP) is 0.687. The summed E-state index contributed by atoms with van der Waals surface area (Å²) in [6, 6.07) is 1.99. The number of carbonyl (C=O) groups is 1. The highest BCUT2D eigenvalue weighted by Crippen LogP contribution is 2.35. The van der Waals surface area contributed by atoms with Crippen molar-refractivity contribution in [2.24, 2.45) is 5.73 Å². The van der Waals surface area contributed by atoms with Gasteiger partial charge in [0.1, 0.15) is 6.61 Å². The van der Waals surface area contributed by atoms with Crippen LogP contribution in [-0.4, -0.2) is 48.8 Å². The first-order valence-electron chi connectivity index (χ1n) is 6.62. The molecule has 2 saturated heterocycles. The smallest absolute Gasteiger partial charge is 0.404 e. The maximum absolute atomic E-state index is 10.5. The van der Waals surface area contributed by atoms with Crippen molar-refractivity contribution in [1.29, 1.82) is 0 Å². The summed E-state index contributed by atoms with van der Waals surface area (Å²) in [4.78, 5) is 13.0. The Morgan fingerprint density at radius 3 is 2.59 bits per heavy atom. The van der Waals surface area contributed by atoms with Gasteiger partial charge in [-0.1, -0.05) is 6.92 Å². The van der Waals surface area contributed by atoms with E-state index in [0.717, 1.165) is 13.1 Å². The van der Waals surface area contributed by atoms with E-state index >= 15 is 0 Å². The Hall–Kier alpha value is -0.810. The summed E-state index contributed by atoms with van der Waals surface area (Å²) < 4.78 is 4.82. The van der Waals surface area contributed by atoms with Gasteiger partial charge in [-0.05, 0) is 32.2 Å². The van der Waals surface area contributed by atoms with Crippen molar-refractivity contribution in [1.82, 2.24) is 10.2 Å². The van der Waals surface area contributed by atoms with Crippen molar-refractivity contribution in [2.45, 2.75) is 50.7 Å². The van der Waals surface area contributed by atoms with Crippen LogP contribution in [0.1, 0.15) is 32.6 Å². The summed E-state index contributed by atoms with van der Waals surface area (Å²) in [6.45, 7) is 4.47. The van der Waals surface area contributed by atoms with E-state index in [0.29, 0.717) is 24.7 Å². The molecular formula is C12H23N3O2. The summed E-state index contributed by atoms with van der Waals surface area (Å²) in [6.07, 6.45) is 4.34. The van der Waals surface area contributed by atoms with E-state index < -0.39 is 6.09 Å². The van der Waals surface area contributed by atoms with Crippen LogP contribution >= 0.6 is 0 Å². The lowest BCUT2D eigenvalue weighted by molar-refractivity contribution is 0.0819. The van der Waals surface area contributed by atoms with Crippen molar-refractivity contribution in [2.75, 3.05) is 19.7 Å². The number of fused-ring (bicyclic) bond motifs is 2. The lowest BCUT2D eigenvalue weighted by Crippen LogP contribution is -2.50. The first-order chi connectivity index (χ1) is 8.20. The zero-order valence-corrected chi connectivity index (χ0v) is 10.5. The number of ether oxygens (including phenoxy) is 1. The summed E-state index contributed by atoms with van der Waals surface area (Å²) in [5, 5.41) is 3.55. The van der Waals surface area contributed by atoms with Crippen LogP contribution in [0.3, 0.4) is 0 Å². The van der Waals surface area contributed by atoms with Crippen molar-refractivity contribution in [3.05, 3.63) is 0 Å². The molecule has 0 radical (unpaired) electrons. The number of hydrogen-bond acceptors (Lipinski definition) is 4. The van der Waals surface area contributed by atoms with Gasteiger partial charge < -0.3 is 15.8 Å². The first kappa shape index (κ1) is 12.6. The molecule has 2 heterocycles. The molecule has 5 heteroatoms. The predicted molar refractivity (Wildman–Crippen MR) is 65.8 cm³/mol. The minimum absolute atomic E-state index is 0.425. The van der Waals surface area contributed by atoms with Crippen LogP contribution in [0.2, 0.25) is 0 Å². The third-order valence-corrected chi connectivity index (χ3v) is 3.97. The van der Waals surface area contributed by atoms with E-state index in [2.05, 4.69) is 17.1 Å². The van der Waals surface area contributed by atoms with Gasteiger partial charge >= 0.3 is 6.09 Å². The van der Waals surface area contributed by atoms with Crippen LogP contribution in [0, 0.1) is 0 Å². The number of piperidine rings is 1. The number of nitrogens with one attached hydrogen (secondary N) is 1. The molecule has 2 aliphatic heterocycles. The molecule has 1 amide bonds. The average Bonchev–Trinajstić information content (AvgIpc) is 2.52. The fourth-order valence-electron chi connectivity index (χ4n) is 3.35. The number of nitrogens with two attached hydrogens (primary N) is 1. The molecule has 2 bridgehead atoms. The minimum Gasteiger partial charge on any atom is -0.448 e. The fourth-order valence-corrected chi connectivity index (χ4v) is 3.35. The highest BCUT2D eigenvalue weighted by molar-refractivity contribution is 5.64. The van der Waals surface area contributed by atoms with E-state index in [9.17, 15) is 4.79 Å². The third kappa shape index (κ3) is 3.10. The van der Waals surface area contributed by atoms with Gasteiger partial charge in [0.05, 0.1) is 0 Å². The SMILES string of the molecule is CCNC1CC2CCC(C1)N2CCOC(N)=O. The summed E-state index contributed by atoms with van der Waals surface area (Å²) in [7, 11) is 0. The monoisotopic (exact) mass is 241 g/mol. The molecule has 0 aromatic heterocycles. The molecular weight excluding hydrogens is 218 g/mol. The fraction of sp³-hybridized carbons (Fsp3) is 0.917. The Morgan fingerprint density at radius 2 is 2.06 bits per heavy atom. The lowest BCUT2D eigenvalue weighted by Gasteiger charge is -2.39. The number of amides is 1. The molecule has 2 aliphatic rings. The molecule has 0 aromatic carbocycles. The van der Waals surface area contributed by atoms with Crippen LogP contribution in [0.15, 0.2) is 0 Å². The van der Waals surface area contributed by atoms with Crippen LogP contribution in [0.5, 0.6) is 0 Å². The second-order valence-electron chi connectivity index (χ2n) is 5.02. The Balaban J connectivity index is 1.79. The Morgan fingerprint density at radius 1 is 1.41 bits per heavy atom. The van der Waals surface area contributed by atoms with Crippen LogP contribution in [0.25, 0.3) is 0 Å². The lowest BCUT2D eigenvalue weighted by atomic mass is 9.97. The molecule has 0 spiro atoms. The maximum atomic E-state index is 10.5. The van der Waals surface area contributed by atoms with Gasteiger partial charge in [-0.25, -0.2) is 4.79 Å². The summed E-state index contributed by atoms with van der Waals surface area (Å²) in [5.74, 6) is 0. The van der Waals surface area contributed by atoms with Gasteiger partial charge in [-0.3, -0.25) is 4.90 Å². The number of carbonyl (C=O) groups excluding carboxylic acids is 1. The number of primary amides is 1. The van der Waals surface area contributed by atoms with Gasteiger partial charge in [0, 0.05) is 24.7 Å². The molecule has 0 aromatic rings. The molecule has 3 N–H and O–H groups in total. The molecule has 98 valence electrons. The number of rotatable bonds is 5. The average molecular weight is 241 g/mol. The van der Waals surface area contributed by atoms with Gasteiger partial charge in [-0.2, -0.15) is 0 Å². The largest absolute Gasteiger partial charge is 0.448 e. The third-order valence-electron chi connectivity index (χ3n) is 3.97. The highest BCUT2D eigenvalue weighted by atomic mass is 16.5. The Kier molecular flexibility index (Phi) is 4.23. The van der Waals surface area contributed by atoms with E-state index in [4.69, 9.17) is 10.5 Å². The van der Waals surface area contributed by atoms with E-state index in [1.165, 1.54) is 25.7 Å². The number of hydrogen-bond donors (Lipinski definition) is 2. The van der Waals surface area contributed by atoms with Crippen LogP contribution in [0.4, 0.5) is 4.79 Å². The molecule has 2 rings (SSSR count). The quantitative estimate of drug-likeness (QED) is 0.743. The van der Waals surface area contributed by atoms with Gasteiger partial charge in [0.15, 0.2) is 0 Å². The molecule has 2 fully saturated rings. The zero-order chi connectivity index (χ0) is 12.3. The maximum Gasteiger partial charge on any atom is 0.404 e. The summed E-state index contributed by atoms with van der Waals surface area (Å²) in [5.41, 5.74) is 4.96. The zero-order valence-electron chi connectivity index (χ0n) is 10.5. The topological polar surface area (TPSA) is 67.6 Å². The van der Waals surface area contributed by atoms with Gasteiger partial charge in [0.2, 0.25) is 0 Å². The van der Waals surface area contributed by atoms with Crippen molar-refractivity contribution < 1.29 is 9.53 Å². The van der Waals surface area contributed by atoms with Crippen LogP contribution < -0.4 is 11.1 Å². The van der Waals surface area contributed by atoms with Gasteiger partial charge in [0.25, 0.3) is 0 Å². The summed E-state index contributed by atoms with van der Waals surface area (Å²) >= 11 is 0. The minimum atomic E-state index is -0.667. The van der Waals surface area contributed by atoms with E-state index in [-0.39, 0.29) is 0 Å². The Bertz CT molecular complexity index is 258. The molecule has 2 atom stereocenters. The standard InChI is InChI=1S/C12H23N3O2/c1-2-14-9-7-10-3-4-11(8-9)15(10)5-6-17-12(13)16/h9-11,14H,2-8H2,1H3,(H2,13,16). The molecule has 0 saturated carbocycles. The van der Waals surface area contributed by atoms with Crippen LogP contribution in [-0.2, 0) is 4.74 Å². The van der Waals surface area contributed by atoms with E-state index in [1.54, 1.807) is 0 Å². The molecule has 2 unspecified atom stereocenters. The number of nitrogens with zero attached hydrogens (tertiary/aromatic N) is 1. The molecule has 0 aliphatic carbocycles. The second kappa shape index (κ2) is 5.69. The molecule has 5 nitrogen and oxygen atoms in total. The first-order valence-corrected chi connectivity index (χ1v) is 6.62. The van der Waals surface area contributed by atoms with Gasteiger partial charge in [-0.15, -0.1) is 0 Å². The van der Waals surface area contributed by atoms with Crippen molar-refractivity contribution in [3.8, 4) is 0 Å². The Labute approximate surface area is 103 Å². The van der Waals surface area contributed by atoms with Crippen molar-refractivity contribution in [3.63, 3.8) is 0 Å². The van der Waals surface area contributed by atoms with Crippen molar-refractivity contribution >= 4 is 6.09 Å². The second-order valence-corrected chi connectivity index (χ2v) is 5.02. The highest BCUT2D eigenvalue weighted by Gasteiger charge is 2.39. The molecule has 17 heavy (non-hydrogen) atoms.